The number of hydrogen-bond donors (Lipinski definition) is 5. The lowest BCUT2D eigenvalue weighted by Gasteiger charge is -2.47. The molecule has 1 saturated heterocycles. The molecule has 2 amide bonds. The molecule has 3 atom stereocenters. The van der Waals surface area contributed by atoms with Crippen LogP contribution in [0.15, 0.2) is 48.7 Å². The number of amides is 2. The summed E-state index contributed by atoms with van der Waals surface area (Å²) in [5, 5.41) is 41.8. The zero-order valence-electron chi connectivity index (χ0n) is 17.6. The predicted octanol–water partition coefficient (Wildman–Crippen LogP) is 0.0497. The summed E-state index contributed by atoms with van der Waals surface area (Å²) in [6.45, 7) is 0. The highest BCUT2D eigenvalue weighted by Crippen LogP contribution is 2.32. The second-order valence-electron chi connectivity index (χ2n) is 8.00. The zero-order chi connectivity index (χ0) is 23.2. The Morgan fingerprint density at radius 1 is 1.12 bits per heavy atom. The molecular formula is C22H24N4O6. The van der Waals surface area contributed by atoms with Gasteiger partial charge in [0.1, 0.15) is 11.8 Å². The molecule has 0 aliphatic carbocycles. The molecule has 1 fully saturated rings. The Balaban J connectivity index is 1.66. The number of fused-ring (bicyclic) bond motifs is 1. The van der Waals surface area contributed by atoms with Crippen LogP contribution in [-0.4, -0.2) is 67.9 Å². The van der Waals surface area contributed by atoms with Crippen LogP contribution in [0.1, 0.15) is 11.1 Å². The summed E-state index contributed by atoms with van der Waals surface area (Å²) in [6.07, 6.45) is 1.43. The van der Waals surface area contributed by atoms with Crippen molar-refractivity contribution in [3.63, 3.8) is 0 Å². The van der Waals surface area contributed by atoms with Crippen LogP contribution in [-0.2, 0) is 22.4 Å². The van der Waals surface area contributed by atoms with E-state index < -0.39 is 28.8 Å². The van der Waals surface area contributed by atoms with Crippen LogP contribution in [0, 0.1) is 5.21 Å². The Kier molecular flexibility index (Phi) is 5.39. The average molecular weight is 440 g/mol. The number of likely N-dealkylation sites (N-methyl/N-ethyl adjacent to an activating group) is 2. The van der Waals surface area contributed by atoms with E-state index in [9.17, 15) is 30.2 Å². The largest absolute Gasteiger partial charge is 0.595 e. The Morgan fingerprint density at radius 3 is 2.53 bits per heavy atom. The van der Waals surface area contributed by atoms with Crippen LogP contribution in [0.5, 0.6) is 5.75 Å². The van der Waals surface area contributed by atoms with Gasteiger partial charge in [0.2, 0.25) is 11.6 Å². The Hall–Kier alpha value is -3.44. The zero-order valence-corrected chi connectivity index (χ0v) is 17.6. The number of carbonyl (C=O) groups is 2. The molecule has 168 valence electrons. The number of benzene rings is 2. The summed E-state index contributed by atoms with van der Waals surface area (Å²) in [7, 11) is 2.78. The first-order valence-corrected chi connectivity index (χ1v) is 10.0. The number of phenols is 1. The normalized spacial score (nSPS) is 22.6. The molecule has 1 aromatic heterocycles. The Bertz CT molecular complexity index is 1190. The van der Waals surface area contributed by atoms with Crippen molar-refractivity contribution < 1.29 is 30.2 Å². The van der Waals surface area contributed by atoms with Crippen molar-refractivity contribution in [2.45, 2.75) is 24.6 Å². The van der Waals surface area contributed by atoms with Crippen molar-refractivity contribution in [1.82, 2.24) is 14.8 Å². The fraction of sp³-hybridized carbons (Fsp3) is 0.273. The Morgan fingerprint density at radius 2 is 1.84 bits per heavy atom. The van der Waals surface area contributed by atoms with Crippen molar-refractivity contribution in [1.29, 1.82) is 0 Å². The van der Waals surface area contributed by atoms with Gasteiger partial charge in [-0.05, 0) is 23.3 Å². The van der Waals surface area contributed by atoms with E-state index in [0.29, 0.717) is 22.0 Å². The molecule has 0 bridgehead atoms. The summed E-state index contributed by atoms with van der Waals surface area (Å²) < 4.78 is 0. The van der Waals surface area contributed by atoms with Gasteiger partial charge in [-0.1, -0.05) is 24.3 Å². The summed E-state index contributed by atoms with van der Waals surface area (Å²) in [4.78, 5) is 31.6. The molecule has 1 unspecified atom stereocenters. The molecule has 3 aromatic rings. The lowest BCUT2D eigenvalue weighted by molar-refractivity contribution is -0.990. The van der Waals surface area contributed by atoms with Gasteiger partial charge in [0.05, 0.1) is 10.9 Å². The van der Waals surface area contributed by atoms with Crippen LogP contribution in [0.4, 0.5) is 5.69 Å². The van der Waals surface area contributed by atoms with Crippen LogP contribution in [0.25, 0.3) is 10.9 Å². The highest BCUT2D eigenvalue weighted by atomic mass is 16.8. The van der Waals surface area contributed by atoms with Gasteiger partial charge >= 0.3 is 0 Å². The van der Waals surface area contributed by atoms with E-state index in [4.69, 9.17) is 0 Å². The molecule has 1 aliphatic heterocycles. The molecule has 32 heavy (non-hydrogen) atoms. The van der Waals surface area contributed by atoms with Gasteiger partial charge in [-0.25, -0.2) is 5.21 Å². The van der Waals surface area contributed by atoms with E-state index in [0.717, 1.165) is 4.90 Å². The number of nitrogens with one attached hydrogen (secondary N) is 2. The maximum Gasteiger partial charge on any atom is 0.276 e. The maximum absolute atomic E-state index is 13.2. The number of aromatic nitrogens is 1. The first-order chi connectivity index (χ1) is 15.1. The van der Waals surface area contributed by atoms with Crippen molar-refractivity contribution >= 4 is 28.4 Å². The van der Waals surface area contributed by atoms with Crippen LogP contribution in [0.2, 0.25) is 0 Å². The molecule has 0 saturated carbocycles. The molecule has 0 spiro atoms. The molecule has 10 heteroatoms. The van der Waals surface area contributed by atoms with E-state index in [2.05, 4.69) is 4.98 Å². The number of aromatic hydroxyl groups is 1. The summed E-state index contributed by atoms with van der Waals surface area (Å²) in [6, 6.07) is 10.2. The summed E-state index contributed by atoms with van der Waals surface area (Å²) in [5.74, 6) is -1.27. The lowest BCUT2D eigenvalue weighted by atomic mass is 9.92. The highest BCUT2D eigenvalue weighted by Gasteiger charge is 2.53. The topological polar surface area (TPSA) is 145 Å². The molecule has 10 nitrogen and oxygen atoms in total. The number of piperazine rings is 1. The molecule has 0 radical (unpaired) electrons. The third-order valence-corrected chi connectivity index (χ3v) is 6.16. The number of quaternary nitrogens is 1. The number of hydrogen-bond acceptors (Lipinski definition) is 6. The van der Waals surface area contributed by atoms with Gasteiger partial charge < -0.3 is 30.2 Å². The maximum atomic E-state index is 13.2. The van der Waals surface area contributed by atoms with Gasteiger partial charge in [-0.3, -0.25) is 9.59 Å². The monoisotopic (exact) mass is 440 g/mol. The predicted molar refractivity (Wildman–Crippen MR) is 114 cm³/mol. The van der Waals surface area contributed by atoms with Crippen LogP contribution >= 0.6 is 0 Å². The minimum Gasteiger partial charge on any atom is -0.595 e. The van der Waals surface area contributed by atoms with Crippen LogP contribution in [0.3, 0.4) is 0 Å². The number of para-hydroxylation sites is 1. The number of carbonyl (C=O) groups excluding carboxylic acids is 2. The fourth-order valence-corrected chi connectivity index (χ4v) is 4.29. The quantitative estimate of drug-likeness (QED) is 0.355. The SMILES string of the molecule is CN1C(=O)[C@@](O)(Cc2ccccc2O)N(C)C(=O)[C@@H]1Cc1c[nH]c2cccc([NH+]([O-])O)c12. The van der Waals surface area contributed by atoms with Crippen LogP contribution < -0.4 is 5.23 Å². The standard InChI is InChI=1S/C22H24N4O6/c1-24-17(10-14-12-23-15-7-5-8-16(19(14)15)26(31)32)20(28)25(2)22(30,21(24)29)11-13-6-3-4-9-18(13)27/h3-9,12,17,23,26-27,30-31H,10-11H2,1-2H3/t17-,22-/m0/s1. The van der Waals surface area contributed by atoms with E-state index in [1.165, 1.54) is 31.1 Å². The molecule has 1 aliphatic rings. The highest BCUT2D eigenvalue weighted by molar-refractivity contribution is 5.99. The van der Waals surface area contributed by atoms with Crippen molar-refractivity contribution in [2.75, 3.05) is 14.1 Å². The van der Waals surface area contributed by atoms with E-state index >= 15 is 0 Å². The fourth-order valence-electron chi connectivity index (χ4n) is 4.29. The number of H-pyrrole nitrogens is 1. The van der Waals surface area contributed by atoms with Gasteiger partial charge in [0.25, 0.3) is 5.91 Å². The molecular weight excluding hydrogens is 416 g/mol. The molecule has 4 rings (SSSR count). The van der Waals surface area contributed by atoms with Gasteiger partial charge in [0, 0.05) is 39.2 Å². The Labute approximate surface area is 183 Å². The minimum atomic E-state index is -2.16. The van der Waals surface area contributed by atoms with Gasteiger partial charge in [-0.15, -0.1) is 0 Å². The number of nitrogens with zero attached hydrogens (tertiary/aromatic N) is 2. The third-order valence-electron chi connectivity index (χ3n) is 6.16. The second kappa shape index (κ2) is 7.92. The lowest BCUT2D eigenvalue weighted by Crippen LogP contribution is -2.99. The number of rotatable bonds is 5. The van der Waals surface area contributed by atoms with Crippen molar-refractivity contribution in [2.24, 2.45) is 0 Å². The van der Waals surface area contributed by atoms with Crippen molar-refractivity contribution in [3.8, 4) is 5.75 Å². The molecule has 2 heterocycles. The summed E-state index contributed by atoms with van der Waals surface area (Å²) >= 11 is 0. The van der Waals surface area contributed by atoms with E-state index in [1.54, 1.807) is 36.5 Å². The first kappa shape index (κ1) is 21.8. The van der Waals surface area contributed by atoms with Gasteiger partial charge in [-0.2, -0.15) is 5.23 Å². The number of phenolic OH excluding ortho intramolecular Hbond substituents is 1. The van der Waals surface area contributed by atoms with Crippen molar-refractivity contribution in [3.05, 3.63) is 65.0 Å². The average Bonchev–Trinajstić information content (AvgIpc) is 3.19. The van der Waals surface area contributed by atoms with E-state index in [1.807, 2.05) is 0 Å². The first-order valence-electron chi connectivity index (χ1n) is 10.0. The molecule has 2 aromatic carbocycles. The smallest absolute Gasteiger partial charge is 0.276 e. The number of aliphatic hydroxyl groups is 1. The second-order valence-corrected chi connectivity index (χ2v) is 8.00. The van der Waals surface area contributed by atoms with Gasteiger partial charge in [0.15, 0.2) is 5.69 Å². The minimum absolute atomic E-state index is 0.0718. The molecule has 5 N–H and O–H groups in total. The number of aromatic amines is 1. The van der Waals surface area contributed by atoms with E-state index in [-0.39, 0.29) is 24.3 Å². The third kappa shape index (κ3) is 3.39. The summed E-state index contributed by atoms with van der Waals surface area (Å²) in [5.41, 5.74) is -0.539.